The number of hydrogen-bond acceptors (Lipinski definition) is 8. The molecule has 0 radical (unpaired) electrons. The molecule has 4 rings (SSSR count). The fourth-order valence-electron chi connectivity index (χ4n) is 6.27. The van der Waals surface area contributed by atoms with Crippen molar-refractivity contribution in [3.63, 3.8) is 0 Å². The van der Waals surface area contributed by atoms with Gasteiger partial charge in [0.15, 0.2) is 0 Å². The summed E-state index contributed by atoms with van der Waals surface area (Å²) in [6, 6.07) is 1.75. The smallest absolute Gasteiger partial charge is 0.334 e. The number of cyclic esters (lactones) is 1. The number of furan rings is 1. The Morgan fingerprint density at radius 3 is 2.65 bits per heavy atom. The van der Waals surface area contributed by atoms with Crippen LogP contribution >= 0.6 is 0 Å². The Hall–Kier alpha value is -2.61. The molecule has 0 bridgehead atoms. The van der Waals surface area contributed by atoms with Gasteiger partial charge in [-0.25, -0.2) is 4.79 Å². The fraction of sp³-hybridized carbons (Fsp3) is 0.609. The van der Waals surface area contributed by atoms with Crippen molar-refractivity contribution in [2.75, 3.05) is 7.11 Å². The SMILES string of the molecule is COC(=O)C1=C[C@H](O)[C@H](OC(C)=O)C2[C@@]1(C)CC[C@H]1C(=O)O[C@H](c3ccoc3)C[C@]21C. The minimum Gasteiger partial charge on any atom is -0.472 e. The van der Waals surface area contributed by atoms with Crippen LogP contribution in [-0.2, 0) is 28.6 Å². The van der Waals surface area contributed by atoms with E-state index in [4.69, 9.17) is 18.6 Å². The van der Waals surface area contributed by atoms with Crippen molar-refractivity contribution in [1.29, 1.82) is 0 Å². The molecule has 0 spiro atoms. The van der Waals surface area contributed by atoms with Crippen LogP contribution in [0.4, 0.5) is 0 Å². The highest BCUT2D eigenvalue weighted by Gasteiger charge is 2.66. The van der Waals surface area contributed by atoms with E-state index in [9.17, 15) is 19.5 Å². The highest BCUT2D eigenvalue weighted by atomic mass is 16.6. The van der Waals surface area contributed by atoms with Gasteiger partial charge in [0.2, 0.25) is 0 Å². The highest BCUT2D eigenvalue weighted by molar-refractivity contribution is 5.90. The van der Waals surface area contributed by atoms with E-state index in [1.54, 1.807) is 12.3 Å². The lowest BCUT2D eigenvalue weighted by Crippen LogP contribution is -2.63. The third-order valence-electron chi connectivity index (χ3n) is 7.55. The highest BCUT2D eigenvalue weighted by Crippen LogP contribution is 2.65. The number of aliphatic hydroxyl groups excluding tert-OH is 1. The molecular weight excluding hydrogens is 404 g/mol. The lowest BCUT2D eigenvalue weighted by atomic mass is 9.44. The van der Waals surface area contributed by atoms with Crippen LogP contribution in [0.15, 0.2) is 34.7 Å². The van der Waals surface area contributed by atoms with Crippen LogP contribution in [0.5, 0.6) is 0 Å². The van der Waals surface area contributed by atoms with Crippen molar-refractivity contribution in [3.05, 3.63) is 35.8 Å². The van der Waals surface area contributed by atoms with E-state index in [-0.39, 0.29) is 5.97 Å². The van der Waals surface area contributed by atoms with Gasteiger partial charge in [-0.15, -0.1) is 0 Å². The number of methoxy groups -OCH3 is 1. The van der Waals surface area contributed by atoms with Crippen LogP contribution < -0.4 is 0 Å². The quantitative estimate of drug-likeness (QED) is 0.573. The molecular formula is C23H28O8. The lowest BCUT2D eigenvalue weighted by molar-refractivity contribution is -0.213. The Bertz CT molecular complexity index is 918. The molecule has 168 valence electrons. The molecule has 1 aromatic rings. The molecule has 1 saturated heterocycles. The molecule has 2 fully saturated rings. The number of ether oxygens (including phenoxy) is 3. The average molecular weight is 432 g/mol. The predicted molar refractivity (Wildman–Crippen MR) is 106 cm³/mol. The molecule has 2 heterocycles. The molecule has 2 aliphatic carbocycles. The van der Waals surface area contributed by atoms with Gasteiger partial charge < -0.3 is 23.7 Å². The zero-order valence-corrected chi connectivity index (χ0v) is 18.1. The maximum Gasteiger partial charge on any atom is 0.334 e. The van der Waals surface area contributed by atoms with E-state index >= 15 is 0 Å². The Balaban J connectivity index is 1.85. The summed E-state index contributed by atoms with van der Waals surface area (Å²) in [5.41, 5.74) is -0.367. The van der Waals surface area contributed by atoms with E-state index < -0.39 is 52.9 Å². The number of carbonyl (C=O) groups is 3. The maximum atomic E-state index is 13.1. The first-order valence-corrected chi connectivity index (χ1v) is 10.5. The molecule has 7 atom stereocenters. The van der Waals surface area contributed by atoms with Gasteiger partial charge in [0, 0.05) is 29.4 Å². The van der Waals surface area contributed by atoms with E-state index in [0.29, 0.717) is 24.8 Å². The number of carbonyl (C=O) groups excluding carboxylic acids is 3. The second-order valence-electron chi connectivity index (χ2n) is 9.32. The zero-order chi connectivity index (χ0) is 22.6. The summed E-state index contributed by atoms with van der Waals surface area (Å²) in [5.74, 6) is -2.33. The number of aliphatic hydroxyl groups is 1. The summed E-state index contributed by atoms with van der Waals surface area (Å²) in [7, 11) is 1.30. The number of hydrogen-bond donors (Lipinski definition) is 1. The third-order valence-corrected chi connectivity index (χ3v) is 7.55. The van der Waals surface area contributed by atoms with E-state index in [1.165, 1.54) is 26.4 Å². The summed E-state index contributed by atoms with van der Waals surface area (Å²) in [4.78, 5) is 37.7. The largest absolute Gasteiger partial charge is 0.472 e. The van der Waals surface area contributed by atoms with E-state index in [2.05, 4.69) is 0 Å². The normalized spacial score (nSPS) is 39.5. The Morgan fingerprint density at radius 2 is 2.03 bits per heavy atom. The van der Waals surface area contributed by atoms with Gasteiger partial charge in [-0.2, -0.15) is 0 Å². The van der Waals surface area contributed by atoms with Crippen molar-refractivity contribution in [1.82, 2.24) is 0 Å². The topological polar surface area (TPSA) is 112 Å². The lowest BCUT2D eigenvalue weighted by Gasteiger charge is -2.61. The van der Waals surface area contributed by atoms with Gasteiger partial charge in [0.05, 0.1) is 25.6 Å². The average Bonchev–Trinajstić information content (AvgIpc) is 3.23. The number of rotatable bonds is 3. The molecule has 1 N–H and O–H groups in total. The van der Waals surface area contributed by atoms with Gasteiger partial charge in [0.25, 0.3) is 0 Å². The molecule has 8 nitrogen and oxygen atoms in total. The van der Waals surface area contributed by atoms with Crippen molar-refractivity contribution >= 4 is 17.9 Å². The van der Waals surface area contributed by atoms with Crippen molar-refractivity contribution in [2.45, 2.75) is 58.3 Å². The van der Waals surface area contributed by atoms with E-state index in [0.717, 1.165) is 5.56 Å². The Morgan fingerprint density at radius 1 is 1.29 bits per heavy atom. The minimum atomic E-state index is -1.20. The van der Waals surface area contributed by atoms with E-state index in [1.807, 2.05) is 13.8 Å². The molecule has 8 heteroatoms. The van der Waals surface area contributed by atoms with Crippen molar-refractivity contribution < 1.29 is 38.1 Å². The molecule has 1 saturated carbocycles. The summed E-state index contributed by atoms with van der Waals surface area (Å²) in [6.45, 7) is 5.18. The standard InChI is InChI=1S/C23H28O8/c1-12(24)30-18-16(25)9-15(20(26)28-4)22(2)7-5-14-21(27)31-17(13-6-8-29-11-13)10-23(14,3)19(18)22/h6,8-9,11,14,16-19,25H,5,7,10H2,1-4H3/t14-,16-,17-,18-,19?,22-,23-/m0/s1. The number of fused-ring (bicyclic) bond motifs is 3. The minimum absolute atomic E-state index is 0.327. The summed E-state index contributed by atoms with van der Waals surface area (Å²) >= 11 is 0. The Labute approximate surface area is 180 Å². The van der Waals surface area contributed by atoms with Gasteiger partial charge in [-0.05, 0) is 36.8 Å². The van der Waals surface area contributed by atoms with Crippen molar-refractivity contribution in [2.24, 2.45) is 22.7 Å². The Kier molecular flexibility index (Phi) is 5.24. The molecule has 0 aromatic carbocycles. The second-order valence-corrected chi connectivity index (χ2v) is 9.32. The first kappa shape index (κ1) is 21.6. The first-order chi connectivity index (χ1) is 14.6. The first-order valence-electron chi connectivity index (χ1n) is 10.5. The van der Waals surface area contributed by atoms with Gasteiger partial charge in [-0.1, -0.05) is 13.8 Å². The molecule has 1 unspecified atom stereocenters. The summed E-state index contributed by atoms with van der Waals surface area (Å²) in [5, 5.41) is 10.9. The van der Waals surface area contributed by atoms with Gasteiger partial charge in [-0.3, -0.25) is 9.59 Å². The molecule has 1 aliphatic heterocycles. The number of esters is 3. The van der Waals surface area contributed by atoms with Gasteiger partial charge in [0.1, 0.15) is 18.3 Å². The predicted octanol–water partition coefficient (Wildman–Crippen LogP) is 2.71. The zero-order valence-electron chi connectivity index (χ0n) is 18.1. The van der Waals surface area contributed by atoms with Gasteiger partial charge >= 0.3 is 17.9 Å². The van der Waals surface area contributed by atoms with Crippen LogP contribution in [-0.4, -0.2) is 42.3 Å². The van der Waals surface area contributed by atoms with Crippen LogP contribution in [0.3, 0.4) is 0 Å². The third kappa shape index (κ3) is 3.28. The van der Waals surface area contributed by atoms with Crippen molar-refractivity contribution in [3.8, 4) is 0 Å². The van der Waals surface area contributed by atoms with Crippen LogP contribution in [0.2, 0.25) is 0 Å². The van der Waals surface area contributed by atoms with Crippen LogP contribution in [0.1, 0.15) is 51.7 Å². The van der Waals surface area contributed by atoms with Crippen LogP contribution in [0.25, 0.3) is 0 Å². The molecule has 31 heavy (non-hydrogen) atoms. The molecule has 0 amide bonds. The molecule has 3 aliphatic rings. The summed E-state index contributed by atoms with van der Waals surface area (Å²) in [6.07, 6.45) is 3.33. The fourth-order valence-corrected chi connectivity index (χ4v) is 6.27. The van der Waals surface area contributed by atoms with Crippen LogP contribution in [0, 0.1) is 22.7 Å². The molecule has 1 aromatic heterocycles. The monoisotopic (exact) mass is 432 g/mol. The summed E-state index contributed by atoms with van der Waals surface area (Å²) < 4.78 is 21.6. The second kappa shape index (κ2) is 7.51. The maximum absolute atomic E-state index is 13.1.